The average molecular weight is 358 g/mol. The number of thioether (sulfide) groups is 1. The maximum atomic E-state index is 13.9. The lowest BCUT2D eigenvalue weighted by molar-refractivity contribution is -0.130. The van der Waals surface area contributed by atoms with Crippen LogP contribution in [-0.4, -0.2) is 42.2 Å². The van der Waals surface area contributed by atoms with E-state index in [2.05, 4.69) is 31.2 Å². The summed E-state index contributed by atoms with van der Waals surface area (Å²) >= 11 is 1.59. The van der Waals surface area contributed by atoms with Crippen LogP contribution >= 0.6 is 11.8 Å². The van der Waals surface area contributed by atoms with Crippen molar-refractivity contribution in [2.24, 2.45) is 0 Å². The second-order valence-electron chi connectivity index (χ2n) is 6.34. The van der Waals surface area contributed by atoms with Crippen LogP contribution in [-0.2, 0) is 4.79 Å². The van der Waals surface area contributed by atoms with Crippen LogP contribution in [0.3, 0.4) is 0 Å². The Bertz CT molecular complexity index is 727. The van der Waals surface area contributed by atoms with Crippen LogP contribution in [0.1, 0.15) is 12.5 Å². The van der Waals surface area contributed by atoms with Crippen molar-refractivity contribution in [3.8, 4) is 0 Å². The third kappa shape index (κ3) is 4.34. The summed E-state index contributed by atoms with van der Waals surface area (Å²) in [5.74, 6) is -0.0515. The summed E-state index contributed by atoms with van der Waals surface area (Å²) in [7, 11) is 0. The lowest BCUT2D eigenvalue weighted by Crippen LogP contribution is -2.50. The van der Waals surface area contributed by atoms with E-state index in [1.54, 1.807) is 23.9 Å². The minimum atomic E-state index is -0.203. The third-order valence-corrected chi connectivity index (χ3v) is 5.57. The summed E-state index contributed by atoms with van der Waals surface area (Å²) in [5, 5.41) is -0.122. The van der Waals surface area contributed by atoms with Crippen LogP contribution in [0.5, 0.6) is 0 Å². The lowest BCUT2D eigenvalue weighted by atomic mass is 10.2. The number of aryl methyl sites for hydroxylation is 1. The van der Waals surface area contributed by atoms with E-state index in [0.29, 0.717) is 31.9 Å². The molecule has 0 aliphatic carbocycles. The number of hydrogen-bond donors (Lipinski definition) is 0. The number of para-hydroxylation sites is 1. The highest BCUT2D eigenvalue weighted by Gasteiger charge is 2.26. The smallest absolute Gasteiger partial charge is 0.235 e. The molecule has 0 aromatic heterocycles. The highest BCUT2D eigenvalue weighted by atomic mass is 32.2. The van der Waals surface area contributed by atoms with Crippen molar-refractivity contribution in [2.45, 2.75) is 24.0 Å². The zero-order valence-electron chi connectivity index (χ0n) is 14.6. The monoisotopic (exact) mass is 358 g/mol. The molecular weight excluding hydrogens is 335 g/mol. The molecule has 0 N–H and O–H groups in total. The van der Waals surface area contributed by atoms with Gasteiger partial charge in [-0.25, -0.2) is 4.39 Å². The fraction of sp³-hybridized carbons (Fsp3) is 0.350. The lowest BCUT2D eigenvalue weighted by Gasteiger charge is -2.37. The van der Waals surface area contributed by atoms with Gasteiger partial charge >= 0.3 is 0 Å². The Kier molecular flexibility index (Phi) is 5.63. The van der Waals surface area contributed by atoms with Gasteiger partial charge in [-0.1, -0.05) is 29.8 Å². The topological polar surface area (TPSA) is 23.6 Å². The zero-order chi connectivity index (χ0) is 17.8. The molecular formula is C20H23FN2OS. The Morgan fingerprint density at radius 1 is 1.04 bits per heavy atom. The van der Waals surface area contributed by atoms with E-state index in [4.69, 9.17) is 0 Å². The zero-order valence-corrected chi connectivity index (χ0v) is 15.4. The fourth-order valence-electron chi connectivity index (χ4n) is 3.00. The minimum Gasteiger partial charge on any atom is -0.366 e. The molecule has 132 valence electrons. The van der Waals surface area contributed by atoms with Gasteiger partial charge in [0.2, 0.25) is 5.91 Å². The van der Waals surface area contributed by atoms with Gasteiger partial charge in [-0.3, -0.25) is 4.79 Å². The van der Waals surface area contributed by atoms with Crippen molar-refractivity contribution in [3.63, 3.8) is 0 Å². The summed E-state index contributed by atoms with van der Waals surface area (Å²) in [4.78, 5) is 17.7. The third-order valence-electron chi connectivity index (χ3n) is 4.47. The number of hydrogen-bond acceptors (Lipinski definition) is 3. The van der Waals surface area contributed by atoms with Gasteiger partial charge in [0.15, 0.2) is 0 Å². The Morgan fingerprint density at radius 3 is 2.32 bits per heavy atom. The highest BCUT2D eigenvalue weighted by Crippen LogP contribution is 2.26. The second-order valence-corrected chi connectivity index (χ2v) is 7.75. The van der Waals surface area contributed by atoms with E-state index in [-0.39, 0.29) is 17.0 Å². The number of rotatable bonds is 4. The van der Waals surface area contributed by atoms with Gasteiger partial charge < -0.3 is 9.80 Å². The quantitative estimate of drug-likeness (QED) is 0.773. The molecule has 2 aromatic rings. The van der Waals surface area contributed by atoms with E-state index < -0.39 is 0 Å². The Hall–Kier alpha value is -2.01. The van der Waals surface area contributed by atoms with Gasteiger partial charge in [-0.2, -0.15) is 0 Å². The Labute approximate surface area is 152 Å². The maximum absolute atomic E-state index is 13.9. The Morgan fingerprint density at radius 2 is 1.68 bits per heavy atom. The molecule has 0 saturated carbocycles. The van der Waals surface area contributed by atoms with Crippen LogP contribution in [0.25, 0.3) is 0 Å². The van der Waals surface area contributed by atoms with Crippen LogP contribution in [0.4, 0.5) is 10.1 Å². The fourth-order valence-corrected chi connectivity index (χ4v) is 3.96. The maximum Gasteiger partial charge on any atom is 0.235 e. The summed E-state index contributed by atoms with van der Waals surface area (Å²) in [6, 6.07) is 15.0. The first-order valence-electron chi connectivity index (χ1n) is 8.56. The van der Waals surface area contributed by atoms with Crippen molar-refractivity contribution in [1.82, 2.24) is 4.90 Å². The first-order valence-corrected chi connectivity index (χ1v) is 9.44. The van der Waals surface area contributed by atoms with Crippen molar-refractivity contribution in [1.29, 1.82) is 0 Å². The molecule has 0 radical (unpaired) electrons. The first kappa shape index (κ1) is 17.8. The average Bonchev–Trinajstić information content (AvgIpc) is 2.63. The SMILES string of the molecule is Cc1ccc(S[C@@H](C)C(=O)N2CCN(c3ccccc3F)CC2)cc1. The molecule has 1 heterocycles. The molecule has 25 heavy (non-hydrogen) atoms. The second kappa shape index (κ2) is 7.91. The predicted octanol–water partition coefficient (Wildman–Crippen LogP) is 3.96. The van der Waals surface area contributed by atoms with Crippen molar-refractivity contribution in [3.05, 3.63) is 59.9 Å². The molecule has 1 fully saturated rings. The van der Waals surface area contributed by atoms with E-state index >= 15 is 0 Å². The normalized spacial score (nSPS) is 16.0. The van der Waals surface area contributed by atoms with Crippen molar-refractivity contribution in [2.75, 3.05) is 31.1 Å². The molecule has 3 nitrogen and oxygen atoms in total. The summed E-state index contributed by atoms with van der Waals surface area (Å²) in [6.07, 6.45) is 0. The first-order chi connectivity index (χ1) is 12.0. The molecule has 3 rings (SSSR count). The summed E-state index contributed by atoms with van der Waals surface area (Å²) < 4.78 is 13.9. The van der Waals surface area contributed by atoms with Gasteiger partial charge in [0.05, 0.1) is 10.9 Å². The standard InChI is InChI=1S/C20H23FN2OS/c1-15-7-9-17(10-8-15)25-16(2)20(24)23-13-11-22(12-14-23)19-6-4-3-5-18(19)21/h3-10,16H,11-14H2,1-2H3/t16-/m0/s1. The molecule has 0 bridgehead atoms. The number of piperazine rings is 1. The molecule has 1 amide bonds. The van der Waals surface area contributed by atoms with E-state index in [1.807, 2.05) is 22.8 Å². The number of anilines is 1. The van der Waals surface area contributed by atoms with Gasteiger partial charge in [0.1, 0.15) is 5.82 Å². The number of benzene rings is 2. The largest absolute Gasteiger partial charge is 0.366 e. The number of carbonyl (C=O) groups excluding carboxylic acids is 1. The molecule has 1 aliphatic rings. The van der Waals surface area contributed by atoms with Gasteiger partial charge in [0, 0.05) is 31.1 Å². The predicted molar refractivity (Wildman–Crippen MR) is 102 cm³/mol. The van der Waals surface area contributed by atoms with E-state index in [1.165, 1.54) is 11.6 Å². The van der Waals surface area contributed by atoms with Crippen LogP contribution in [0.2, 0.25) is 0 Å². The Balaban J connectivity index is 1.56. The molecule has 0 spiro atoms. The number of carbonyl (C=O) groups is 1. The van der Waals surface area contributed by atoms with Crippen molar-refractivity contribution < 1.29 is 9.18 Å². The van der Waals surface area contributed by atoms with Gasteiger partial charge in [-0.05, 0) is 38.1 Å². The van der Waals surface area contributed by atoms with Crippen LogP contribution in [0.15, 0.2) is 53.4 Å². The molecule has 2 aromatic carbocycles. The molecule has 1 saturated heterocycles. The molecule has 1 atom stereocenters. The highest BCUT2D eigenvalue weighted by molar-refractivity contribution is 8.00. The van der Waals surface area contributed by atoms with Gasteiger partial charge in [-0.15, -0.1) is 11.8 Å². The van der Waals surface area contributed by atoms with Crippen molar-refractivity contribution >= 4 is 23.4 Å². The summed E-state index contributed by atoms with van der Waals surface area (Å²) in [5.41, 5.74) is 1.84. The number of halogens is 1. The summed E-state index contributed by atoms with van der Waals surface area (Å²) in [6.45, 7) is 6.59. The van der Waals surface area contributed by atoms with Crippen LogP contribution in [0, 0.1) is 12.7 Å². The molecule has 5 heteroatoms. The minimum absolute atomic E-state index is 0.122. The van der Waals surface area contributed by atoms with E-state index in [0.717, 1.165) is 4.90 Å². The molecule has 1 aliphatic heterocycles. The van der Waals surface area contributed by atoms with E-state index in [9.17, 15) is 9.18 Å². The number of nitrogens with zero attached hydrogens (tertiary/aromatic N) is 2. The van der Waals surface area contributed by atoms with Gasteiger partial charge in [0.25, 0.3) is 0 Å². The molecule has 0 unspecified atom stereocenters. The number of amides is 1. The van der Waals surface area contributed by atoms with Crippen LogP contribution < -0.4 is 4.90 Å².